The summed E-state index contributed by atoms with van der Waals surface area (Å²) >= 11 is 1.58. The molecule has 3 aliphatic heterocycles. The Morgan fingerprint density at radius 3 is 2.72 bits per heavy atom. The zero-order chi connectivity index (χ0) is 27.5. The smallest absolute Gasteiger partial charge is 0.275 e. The number of carbonyl (C=O) groups is 1. The summed E-state index contributed by atoms with van der Waals surface area (Å²) in [7, 11) is -0.0496. The molecule has 1 fully saturated rings. The zero-order valence-electron chi connectivity index (χ0n) is 23.0. The SMILES string of the molecule is COc1cc2c(cc1C1=NC([Si](C)(C)C)N=N1)-c1c(c(C(=O)N3CCOCC3(C)C)nn1-c1ccsc1)CO2. The lowest BCUT2D eigenvalue weighted by molar-refractivity contribution is -0.0374. The third kappa shape index (κ3) is 4.40. The highest BCUT2D eigenvalue weighted by molar-refractivity contribution is 7.08. The van der Waals surface area contributed by atoms with Crippen molar-refractivity contribution >= 4 is 31.2 Å². The van der Waals surface area contributed by atoms with Crippen LogP contribution in [0.1, 0.15) is 35.5 Å². The van der Waals surface area contributed by atoms with Crippen molar-refractivity contribution in [2.45, 2.75) is 51.4 Å². The fraction of sp³-hybridized carbons (Fsp3) is 0.444. The van der Waals surface area contributed by atoms with E-state index in [9.17, 15) is 4.79 Å². The van der Waals surface area contributed by atoms with E-state index in [1.165, 1.54) is 0 Å². The van der Waals surface area contributed by atoms with Crippen molar-refractivity contribution in [2.24, 2.45) is 15.2 Å². The first-order chi connectivity index (χ1) is 18.6. The number of fused-ring (bicyclic) bond motifs is 3. The van der Waals surface area contributed by atoms with Gasteiger partial charge < -0.3 is 19.1 Å². The van der Waals surface area contributed by atoms with Crippen molar-refractivity contribution in [3.8, 4) is 28.4 Å². The van der Waals surface area contributed by atoms with E-state index in [0.717, 1.165) is 28.1 Å². The van der Waals surface area contributed by atoms with Crippen LogP contribution in [0, 0.1) is 0 Å². The fourth-order valence-electron chi connectivity index (χ4n) is 5.09. The van der Waals surface area contributed by atoms with Gasteiger partial charge in [0.1, 0.15) is 32.0 Å². The van der Waals surface area contributed by atoms with Crippen LogP contribution in [0.5, 0.6) is 11.5 Å². The number of amidine groups is 1. The number of ether oxygens (including phenoxy) is 3. The number of hydrogen-bond donors (Lipinski definition) is 0. The largest absolute Gasteiger partial charge is 0.496 e. The minimum Gasteiger partial charge on any atom is -0.496 e. The molecule has 3 aromatic rings. The Morgan fingerprint density at radius 1 is 1.23 bits per heavy atom. The van der Waals surface area contributed by atoms with E-state index < -0.39 is 13.6 Å². The molecular formula is C27H32N6O4SSi. The summed E-state index contributed by atoms with van der Waals surface area (Å²) in [6.45, 7) is 12.4. The minimum atomic E-state index is -1.67. The van der Waals surface area contributed by atoms with Gasteiger partial charge in [0.05, 0.1) is 42.8 Å². The first kappa shape index (κ1) is 25.9. The molecule has 0 N–H and O–H groups in total. The molecule has 1 unspecified atom stereocenters. The number of benzene rings is 1. The van der Waals surface area contributed by atoms with E-state index in [4.69, 9.17) is 24.3 Å². The van der Waals surface area contributed by atoms with Gasteiger partial charge >= 0.3 is 0 Å². The van der Waals surface area contributed by atoms with Gasteiger partial charge in [0.2, 0.25) is 0 Å². The van der Waals surface area contributed by atoms with Gasteiger partial charge in [-0.05, 0) is 31.4 Å². The van der Waals surface area contributed by atoms with E-state index in [-0.39, 0.29) is 18.3 Å². The molecule has 0 bridgehead atoms. The topological polar surface area (TPSA) is 103 Å². The number of thiophene rings is 1. The first-order valence-corrected chi connectivity index (χ1v) is 17.5. The van der Waals surface area contributed by atoms with E-state index in [0.29, 0.717) is 42.8 Å². The summed E-state index contributed by atoms with van der Waals surface area (Å²) in [6, 6.07) is 5.84. The second kappa shape index (κ2) is 9.39. The van der Waals surface area contributed by atoms with E-state index in [2.05, 4.69) is 29.9 Å². The van der Waals surface area contributed by atoms with E-state index in [1.807, 2.05) is 52.4 Å². The van der Waals surface area contributed by atoms with Crippen LogP contribution in [-0.2, 0) is 11.3 Å². The highest BCUT2D eigenvalue weighted by Crippen LogP contribution is 2.44. The molecule has 6 rings (SSSR count). The first-order valence-electron chi connectivity index (χ1n) is 13.0. The molecular weight excluding hydrogens is 532 g/mol. The molecule has 204 valence electrons. The van der Waals surface area contributed by atoms with Crippen LogP contribution < -0.4 is 9.47 Å². The van der Waals surface area contributed by atoms with Crippen molar-refractivity contribution in [2.75, 3.05) is 26.9 Å². The van der Waals surface area contributed by atoms with Crippen LogP contribution in [0.2, 0.25) is 19.6 Å². The lowest BCUT2D eigenvalue weighted by atomic mass is 9.97. The molecule has 1 amide bonds. The van der Waals surface area contributed by atoms with Gasteiger partial charge in [-0.3, -0.25) is 4.79 Å². The second-order valence-corrected chi connectivity index (χ2v) is 17.7. The maximum atomic E-state index is 14.0. The lowest BCUT2D eigenvalue weighted by Crippen LogP contribution is -2.55. The normalized spacial score (nSPS) is 19.8. The maximum absolute atomic E-state index is 14.0. The summed E-state index contributed by atoms with van der Waals surface area (Å²) in [4.78, 5) is 20.7. The van der Waals surface area contributed by atoms with Gasteiger partial charge in [0.15, 0.2) is 11.5 Å². The van der Waals surface area contributed by atoms with Crippen molar-refractivity contribution in [1.29, 1.82) is 0 Å². The van der Waals surface area contributed by atoms with Crippen molar-refractivity contribution in [1.82, 2.24) is 14.7 Å². The molecule has 1 atom stereocenters. The second-order valence-electron chi connectivity index (χ2n) is 11.6. The molecule has 1 saturated heterocycles. The number of aliphatic imine (C=N–C) groups is 1. The van der Waals surface area contributed by atoms with Gasteiger partial charge in [-0.15, -0.1) is 5.11 Å². The molecule has 5 heterocycles. The highest BCUT2D eigenvalue weighted by Gasteiger charge is 2.39. The quantitative estimate of drug-likeness (QED) is 0.398. The average Bonchev–Trinajstić information content (AvgIpc) is 3.66. The molecule has 0 aliphatic carbocycles. The van der Waals surface area contributed by atoms with Crippen LogP contribution >= 0.6 is 11.3 Å². The third-order valence-electron chi connectivity index (χ3n) is 7.28. The number of aromatic nitrogens is 2. The van der Waals surface area contributed by atoms with Gasteiger partial charge in [0.25, 0.3) is 5.91 Å². The number of azo groups is 1. The van der Waals surface area contributed by atoms with Crippen LogP contribution in [0.4, 0.5) is 0 Å². The Bertz CT molecular complexity index is 1510. The fourth-order valence-corrected chi connectivity index (χ4v) is 6.62. The molecule has 0 saturated carbocycles. The summed E-state index contributed by atoms with van der Waals surface area (Å²) < 4.78 is 19.5. The molecule has 2 aromatic heterocycles. The Hall–Kier alpha value is -3.35. The van der Waals surface area contributed by atoms with E-state index in [1.54, 1.807) is 18.4 Å². The standard InChI is InChI=1S/C27H32N6O4SSi/c1-27(2)15-36-9-8-32(27)25(34)22-19-13-37-21-12-20(35-3)18(24-28-26(30-29-24)39(4,5)6)11-17(21)23(19)33(31-22)16-7-10-38-14-16/h7,10-12,14,26H,8-9,13,15H2,1-6H3. The zero-order valence-corrected chi connectivity index (χ0v) is 24.8. The number of amides is 1. The molecule has 10 nitrogen and oxygen atoms in total. The lowest BCUT2D eigenvalue weighted by Gasteiger charge is -2.41. The van der Waals surface area contributed by atoms with Crippen molar-refractivity contribution < 1.29 is 19.0 Å². The van der Waals surface area contributed by atoms with Gasteiger partial charge in [-0.2, -0.15) is 21.5 Å². The van der Waals surface area contributed by atoms with Crippen LogP contribution in [-0.4, -0.2) is 72.7 Å². The summed E-state index contributed by atoms with van der Waals surface area (Å²) in [5, 5.41) is 17.8. The van der Waals surface area contributed by atoms with Crippen LogP contribution in [0.25, 0.3) is 16.9 Å². The molecule has 39 heavy (non-hydrogen) atoms. The summed E-state index contributed by atoms with van der Waals surface area (Å²) in [6.07, 6.45) is 0. The molecule has 1 aromatic carbocycles. The minimum absolute atomic E-state index is 0.124. The number of nitrogens with zero attached hydrogens (tertiary/aromatic N) is 6. The predicted octanol–water partition coefficient (Wildman–Crippen LogP) is 5.17. The predicted molar refractivity (Wildman–Crippen MR) is 152 cm³/mol. The summed E-state index contributed by atoms with van der Waals surface area (Å²) in [5.41, 5.74) is 3.96. The van der Waals surface area contributed by atoms with Crippen LogP contribution in [0.15, 0.2) is 44.2 Å². The van der Waals surface area contributed by atoms with Crippen molar-refractivity contribution in [3.63, 3.8) is 0 Å². The van der Waals surface area contributed by atoms with Gasteiger partial charge in [-0.1, -0.05) is 19.6 Å². The van der Waals surface area contributed by atoms with Crippen molar-refractivity contribution in [3.05, 3.63) is 45.8 Å². The Kier molecular flexibility index (Phi) is 6.23. The average molecular weight is 565 g/mol. The molecule has 3 aliphatic rings. The number of morpholine rings is 1. The highest BCUT2D eigenvalue weighted by atomic mass is 32.1. The maximum Gasteiger partial charge on any atom is 0.275 e. The number of rotatable bonds is 5. The third-order valence-corrected chi connectivity index (χ3v) is 9.74. The van der Waals surface area contributed by atoms with Gasteiger partial charge in [-0.25, -0.2) is 9.67 Å². The molecule has 0 radical (unpaired) electrons. The van der Waals surface area contributed by atoms with E-state index >= 15 is 0 Å². The number of hydrogen-bond acceptors (Lipinski definition) is 9. The monoisotopic (exact) mass is 564 g/mol. The molecule has 12 heteroatoms. The van der Waals surface area contributed by atoms with Gasteiger partial charge in [0, 0.05) is 29.1 Å². The number of methoxy groups -OCH3 is 1. The Labute approximate surface area is 232 Å². The Morgan fingerprint density at radius 2 is 2.05 bits per heavy atom. The number of carbonyl (C=O) groups excluding carboxylic acids is 1. The summed E-state index contributed by atoms with van der Waals surface area (Å²) in [5.74, 6) is 1.54. The Balaban J connectivity index is 1.52. The molecule has 0 spiro atoms. The van der Waals surface area contributed by atoms with Crippen LogP contribution in [0.3, 0.4) is 0 Å².